The number of carbonyl (C=O) groups excluding carboxylic acids is 2. The van der Waals surface area contributed by atoms with E-state index in [2.05, 4.69) is 15.7 Å². The van der Waals surface area contributed by atoms with Crippen molar-refractivity contribution in [2.75, 3.05) is 10.6 Å². The van der Waals surface area contributed by atoms with Gasteiger partial charge in [-0.05, 0) is 36.2 Å². The summed E-state index contributed by atoms with van der Waals surface area (Å²) in [5, 5.41) is 9.92. The fourth-order valence-corrected chi connectivity index (χ4v) is 3.15. The lowest BCUT2D eigenvalue weighted by Crippen LogP contribution is -2.21. The van der Waals surface area contributed by atoms with Crippen molar-refractivity contribution in [2.24, 2.45) is 0 Å². The van der Waals surface area contributed by atoms with Crippen LogP contribution in [-0.2, 0) is 11.2 Å². The molecule has 0 fully saturated rings. The van der Waals surface area contributed by atoms with Crippen molar-refractivity contribution in [2.45, 2.75) is 12.8 Å². The van der Waals surface area contributed by atoms with E-state index in [1.165, 1.54) is 23.0 Å². The Kier molecular flexibility index (Phi) is 4.37. The lowest BCUT2D eigenvalue weighted by Gasteiger charge is -2.18. The van der Waals surface area contributed by atoms with Gasteiger partial charge in [-0.25, -0.2) is 9.07 Å². The van der Waals surface area contributed by atoms with Crippen molar-refractivity contribution in [1.82, 2.24) is 9.78 Å². The molecular formula is C19H14ClFN4O2. The zero-order chi connectivity index (χ0) is 19.0. The second-order valence-corrected chi connectivity index (χ2v) is 6.52. The number of anilines is 2. The van der Waals surface area contributed by atoms with E-state index >= 15 is 0 Å². The van der Waals surface area contributed by atoms with Crippen LogP contribution in [0, 0.1) is 5.82 Å². The first kappa shape index (κ1) is 17.2. The molecule has 0 atom stereocenters. The Labute approximate surface area is 158 Å². The van der Waals surface area contributed by atoms with E-state index < -0.39 is 11.7 Å². The van der Waals surface area contributed by atoms with Crippen LogP contribution in [0.3, 0.4) is 0 Å². The summed E-state index contributed by atoms with van der Waals surface area (Å²) < 4.78 is 15.9. The third-order valence-electron chi connectivity index (χ3n) is 4.27. The molecule has 4 rings (SSSR count). The molecule has 1 aromatic heterocycles. The van der Waals surface area contributed by atoms with E-state index in [1.54, 1.807) is 24.4 Å². The standard InChI is InChI=1S/C19H14ClFN4O2/c20-14-3-1-2-4-17(14)25-10-12(9-22-25)23-19(27)13-7-11-5-6-18(26)24-16(11)8-15(13)21/h1-4,7-10H,5-6H2,(H,23,27)(H,24,26). The zero-order valence-corrected chi connectivity index (χ0v) is 14.8. The van der Waals surface area contributed by atoms with E-state index in [-0.39, 0.29) is 11.5 Å². The van der Waals surface area contributed by atoms with Gasteiger partial charge in [0.25, 0.3) is 5.91 Å². The maximum absolute atomic E-state index is 14.3. The summed E-state index contributed by atoms with van der Waals surface area (Å²) in [5.74, 6) is -1.45. The largest absolute Gasteiger partial charge is 0.326 e. The zero-order valence-electron chi connectivity index (χ0n) is 14.0. The molecule has 3 aromatic rings. The second kappa shape index (κ2) is 6.85. The molecule has 1 aliphatic heterocycles. The Hall–Kier alpha value is -3.19. The Morgan fingerprint density at radius 1 is 1.26 bits per heavy atom. The minimum atomic E-state index is -0.702. The Bertz CT molecular complexity index is 1060. The van der Waals surface area contributed by atoms with Gasteiger partial charge in [0, 0.05) is 12.1 Å². The summed E-state index contributed by atoms with van der Waals surface area (Å²) in [6.45, 7) is 0. The average molecular weight is 385 g/mol. The first-order valence-electron chi connectivity index (χ1n) is 8.24. The number of nitrogens with zero attached hydrogens (tertiary/aromatic N) is 2. The van der Waals surface area contributed by atoms with Crippen LogP contribution in [0.5, 0.6) is 0 Å². The van der Waals surface area contributed by atoms with Gasteiger partial charge in [0.1, 0.15) is 5.82 Å². The summed E-state index contributed by atoms with van der Waals surface area (Å²) >= 11 is 6.14. The molecule has 2 heterocycles. The van der Waals surface area contributed by atoms with Crippen LogP contribution < -0.4 is 10.6 Å². The van der Waals surface area contributed by atoms with Gasteiger partial charge in [-0.15, -0.1) is 0 Å². The van der Waals surface area contributed by atoms with Crippen LogP contribution >= 0.6 is 11.6 Å². The quantitative estimate of drug-likeness (QED) is 0.721. The van der Waals surface area contributed by atoms with Crippen molar-refractivity contribution in [3.63, 3.8) is 0 Å². The predicted octanol–water partition coefficient (Wildman–Crippen LogP) is 3.80. The number of benzene rings is 2. The van der Waals surface area contributed by atoms with Gasteiger partial charge in [0.05, 0.1) is 34.4 Å². The van der Waals surface area contributed by atoms with Crippen molar-refractivity contribution >= 4 is 34.8 Å². The summed E-state index contributed by atoms with van der Waals surface area (Å²) in [5.41, 5.74) is 2.12. The Morgan fingerprint density at radius 3 is 2.89 bits per heavy atom. The molecule has 0 spiro atoms. The second-order valence-electron chi connectivity index (χ2n) is 6.12. The third kappa shape index (κ3) is 3.41. The smallest absolute Gasteiger partial charge is 0.258 e. The molecule has 136 valence electrons. The van der Waals surface area contributed by atoms with Crippen LogP contribution in [0.4, 0.5) is 15.8 Å². The van der Waals surface area contributed by atoms with Gasteiger partial charge in [0.15, 0.2) is 0 Å². The molecule has 1 aliphatic rings. The van der Waals surface area contributed by atoms with Crippen molar-refractivity contribution < 1.29 is 14.0 Å². The highest BCUT2D eigenvalue weighted by molar-refractivity contribution is 6.32. The van der Waals surface area contributed by atoms with Crippen LogP contribution in [0.2, 0.25) is 5.02 Å². The van der Waals surface area contributed by atoms with Crippen molar-refractivity contribution in [1.29, 1.82) is 0 Å². The molecule has 2 N–H and O–H groups in total. The highest BCUT2D eigenvalue weighted by atomic mass is 35.5. The molecule has 2 amide bonds. The molecule has 0 radical (unpaired) electrons. The van der Waals surface area contributed by atoms with Crippen LogP contribution in [0.15, 0.2) is 48.8 Å². The number of nitrogens with one attached hydrogen (secondary N) is 2. The molecule has 0 bridgehead atoms. The minimum Gasteiger partial charge on any atom is -0.326 e. The lowest BCUT2D eigenvalue weighted by molar-refractivity contribution is -0.116. The number of carbonyl (C=O) groups is 2. The number of halogens is 2. The van der Waals surface area contributed by atoms with E-state index in [9.17, 15) is 14.0 Å². The number of para-hydroxylation sites is 1. The molecule has 0 saturated carbocycles. The third-order valence-corrected chi connectivity index (χ3v) is 4.59. The molecule has 0 unspecified atom stereocenters. The molecule has 27 heavy (non-hydrogen) atoms. The topological polar surface area (TPSA) is 76.0 Å². The highest BCUT2D eigenvalue weighted by Gasteiger charge is 2.21. The maximum Gasteiger partial charge on any atom is 0.258 e. The van der Waals surface area contributed by atoms with E-state index in [4.69, 9.17) is 11.6 Å². The Morgan fingerprint density at radius 2 is 2.07 bits per heavy atom. The number of hydrogen-bond donors (Lipinski definition) is 2. The summed E-state index contributed by atoms with van der Waals surface area (Å²) in [7, 11) is 0. The first-order valence-corrected chi connectivity index (χ1v) is 8.62. The van der Waals surface area contributed by atoms with Crippen molar-refractivity contribution in [3.05, 3.63) is 70.8 Å². The van der Waals surface area contributed by atoms with Crippen molar-refractivity contribution in [3.8, 4) is 5.69 Å². The normalized spacial score (nSPS) is 13.0. The predicted molar refractivity (Wildman–Crippen MR) is 99.9 cm³/mol. The molecule has 0 aliphatic carbocycles. The van der Waals surface area contributed by atoms with Gasteiger partial charge in [-0.3, -0.25) is 9.59 Å². The fourth-order valence-electron chi connectivity index (χ4n) is 2.93. The SMILES string of the molecule is O=C1CCc2cc(C(=O)Nc3cnn(-c4ccccc4Cl)c3)c(F)cc2N1. The molecular weight excluding hydrogens is 371 g/mol. The monoisotopic (exact) mass is 384 g/mol. The number of aryl methyl sites for hydroxylation is 1. The van der Waals surface area contributed by atoms with Crippen LogP contribution in [0.1, 0.15) is 22.3 Å². The van der Waals surface area contributed by atoms with Gasteiger partial charge >= 0.3 is 0 Å². The van der Waals surface area contributed by atoms with Gasteiger partial charge in [0.2, 0.25) is 5.91 Å². The van der Waals surface area contributed by atoms with E-state index in [0.29, 0.717) is 34.9 Å². The van der Waals surface area contributed by atoms with Crippen LogP contribution in [-0.4, -0.2) is 21.6 Å². The van der Waals surface area contributed by atoms with E-state index in [1.807, 2.05) is 6.07 Å². The molecule has 6 nitrogen and oxygen atoms in total. The van der Waals surface area contributed by atoms with Gasteiger partial charge in [-0.1, -0.05) is 23.7 Å². The summed E-state index contributed by atoms with van der Waals surface area (Å²) in [4.78, 5) is 23.9. The molecule has 2 aromatic carbocycles. The molecule has 8 heteroatoms. The number of fused-ring (bicyclic) bond motifs is 1. The van der Waals surface area contributed by atoms with Crippen LogP contribution in [0.25, 0.3) is 5.69 Å². The Balaban J connectivity index is 1.57. The summed E-state index contributed by atoms with van der Waals surface area (Å²) in [6, 6.07) is 9.80. The number of aromatic nitrogens is 2. The summed E-state index contributed by atoms with van der Waals surface area (Å²) in [6.07, 6.45) is 3.82. The van der Waals surface area contributed by atoms with E-state index in [0.717, 1.165) is 5.56 Å². The van der Waals surface area contributed by atoms with Gasteiger partial charge in [-0.2, -0.15) is 5.10 Å². The molecule has 0 saturated heterocycles. The lowest BCUT2D eigenvalue weighted by atomic mass is 9.99. The fraction of sp³-hybridized carbons (Fsp3) is 0.105. The highest BCUT2D eigenvalue weighted by Crippen LogP contribution is 2.27. The maximum atomic E-state index is 14.3. The average Bonchev–Trinajstić information content (AvgIpc) is 3.09. The number of amides is 2. The number of rotatable bonds is 3. The first-order chi connectivity index (χ1) is 13.0. The number of hydrogen-bond acceptors (Lipinski definition) is 3. The van der Waals surface area contributed by atoms with Gasteiger partial charge < -0.3 is 10.6 Å². The minimum absolute atomic E-state index is 0.0876.